The SMILES string of the molecule is COc1c(/C(C)=C/C(=O)N2CCOCC2)cc2c(-c3ccc(F)cc3)coc2c1C. The highest BCUT2D eigenvalue weighted by atomic mass is 19.1. The number of fused-ring (bicyclic) bond motifs is 1. The number of benzene rings is 2. The van der Waals surface area contributed by atoms with Crippen LogP contribution in [0.5, 0.6) is 5.75 Å². The predicted octanol–water partition coefficient (Wildman–Crippen LogP) is 4.82. The maximum atomic E-state index is 13.4. The monoisotopic (exact) mass is 409 g/mol. The van der Waals surface area contributed by atoms with Crippen LogP contribution in [0, 0.1) is 12.7 Å². The number of morpholine rings is 1. The molecule has 0 bridgehead atoms. The molecule has 1 amide bonds. The number of nitrogens with zero attached hydrogens (tertiary/aromatic N) is 1. The molecule has 0 unspecified atom stereocenters. The van der Waals surface area contributed by atoms with Crippen molar-refractivity contribution in [2.75, 3.05) is 33.4 Å². The van der Waals surface area contributed by atoms with Crippen LogP contribution in [0.3, 0.4) is 0 Å². The van der Waals surface area contributed by atoms with Crippen LogP contribution < -0.4 is 4.74 Å². The molecule has 5 nitrogen and oxygen atoms in total. The maximum Gasteiger partial charge on any atom is 0.247 e. The Labute approximate surface area is 174 Å². The second-order valence-corrected chi connectivity index (χ2v) is 7.38. The van der Waals surface area contributed by atoms with E-state index in [0.29, 0.717) is 37.6 Å². The predicted molar refractivity (Wildman–Crippen MR) is 114 cm³/mol. The second-order valence-electron chi connectivity index (χ2n) is 7.38. The fourth-order valence-electron chi connectivity index (χ4n) is 3.86. The van der Waals surface area contributed by atoms with E-state index in [9.17, 15) is 9.18 Å². The number of furan rings is 1. The van der Waals surface area contributed by atoms with Crippen molar-refractivity contribution in [3.63, 3.8) is 0 Å². The van der Waals surface area contributed by atoms with Crippen molar-refractivity contribution in [3.05, 3.63) is 59.6 Å². The van der Waals surface area contributed by atoms with Crippen LogP contribution in [0.1, 0.15) is 18.1 Å². The first-order valence-electron chi connectivity index (χ1n) is 9.89. The average Bonchev–Trinajstić information content (AvgIpc) is 3.19. The number of methoxy groups -OCH3 is 1. The van der Waals surface area contributed by atoms with Crippen LogP contribution in [0.4, 0.5) is 4.39 Å². The highest BCUT2D eigenvalue weighted by Gasteiger charge is 2.20. The molecule has 2 aromatic carbocycles. The van der Waals surface area contributed by atoms with E-state index in [1.54, 1.807) is 36.5 Å². The van der Waals surface area contributed by atoms with E-state index in [4.69, 9.17) is 13.9 Å². The Bertz CT molecular complexity index is 1110. The summed E-state index contributed by atoms with van der Waals surface area (Å²) in [7, 11) is 1.61. The normalized spacial score (nSPS) is 14.9. The fourth-order valence-corrected chi connectivity index (χ4v) is 3.86. The lowest BCUT2D eigenvalue weighted by Crippen LogP contribution is -2.39. The summed E-state index contributed by atoms with van der Waals surface area (Å²) in [6.07, 6.45) is 3.32. The summed E-state index contributed by atoms with van der Waals surface area (Å²) in [6, 6.07) is 8.28. The van der Waals surface area contributed by atoms with Crippen molar-refractivity contribution in [3.8, 4) is 16.9 Å². The Kier molecular flexibility index (Phi) is 5.59. The van der Waals surface area contributed by atoms with E-state index in [2.05, 4.69) is 0 Å². The summed E-state index contributed by atoms with van der Waals surface area (Å²) in [4.78, 5) is 14.5. The van der Waals surface area contributed by atoms with Crippen LogP contribution in [0.25, 0.3) is 27.7 Å². The third-order valence-corrected chi connectivity index (χ3v) is 5.49. The number of hydrogen-bond donors (Lipinski definition) is 0. The molecule has 6 heteroatoms. The van der Waals surface area contributed by atoms with Crippen LogP contribution in [0.15, 0.2) is 47.1 Å². The lowest BCUT2D eigenvalue weighted by Gasteiger charge is -2.26. The molecule has 1 aliphatic rings. The molecule has 156 valence electrons. The van der Waals surface area contributed by atoms with Gasteiger partial charge in [0.05, 0.1) is 26.6 Å². The van der Waals surface area contributed by atoms with Crippen LogP contribution in [0.2, 0.25) is 0 Å². The molecule has 0 N–H and O–H groups in total. The maximum absolute atomic E-state index is 13.4. The van der Waals surface area contributed by atoms with Gasteiger partial charge in [0.2, 0.25) is 5.91 Å². The molecule has 4 rings (SSSR count). The Morgan fingerprint density at radius 3 is 2.57 bits per heavy atom. The summed E-state index contributed by atoms with van der Waals surface area (Å²) >= 11 is 0. The first kappa shape index (κ1) is 20.2. The minimum Gasteiger partial charge on any atom is -0.496 e. The van der Waals surface area contributed by atoms with Crippen molar-refractivity contribution in [1.29, 1.82) is 0 Å². The summed E-state index contributed by atoms with van der Waals surface area (Å²) in [5.41, 5.74) is 4.92. The smallest absolute Gasteiger partial charge is 0.247 e. The summed E-state index contributed by atoms with van der Waals surface area (Å²) in [5, 5.41) is 0.890. The zero-order valence-electron chi connectivity index (χ0n) is 17.3. The topological polar surface area (TPSA) is 51.9 Å². The van der Waals surface area contributed by atoms with E-state index in [1.165, 1.54) is 12.1 Å². The lowest BCUT2D eigenvalue weighted by molar-refractivity contribution is -0.129. The van der Waals surface area contributed by atoms with Crippen molar-refractivity contribution in [2.45, 2.75) is 13.8 Å². The zero-order valence-corrected chi connectivity index (χ0v) is 17.3. The van der Waals surface area contributed by atoms with Gasteiger partial charge < -0.3 is 18.8 Å². The van der Waals surface area contributed by atoms with Gasteiger partial charge in [-0.25, -0.2) is 4.39 Å². The number of amides is 1. The number of rotatable bonds is 4. The molecule has 1 saturated heterocycles. The number of aryl methyl sites for hydroxylation is 1. The van der Waals surface area contributed by atoms with Crippen molar-refractivity contribution in [1.82, 2.24) is 4.90 Å². The highest BCUT2D eigenvalue weighted by Crippen LogP contribution is 2.40. The minimum atomic E-state index is -0.287. The Morgan fingerprint density at radius 1 is 1.20 bits per heavy atom. The van der Waals surface area contributed by atoms with E-state index < -0.39 is 0 Å². The minimum absolute atomic E-state index is 0.0402. The number of ether oxygens (including phenoxy) is 2. The molecule has 0 spiro atoms. The van der Waals surface area contributed by atoms with Gasteiger partial charge >= 0.3 is 0 Å². The van der Waals surface area contributed by atoms with Gasteiger partial charge in [-0.05, 0) is 43.2 Å². The fraction of sp³-hybridized carbons (Fsp3) is 0.292. The summed E-state index contributed by atoms with van der Waals surface area (Å²) in [5.74, 6) is 0.345. The Balaban J connectivity index is 1.80. The first-order valence-corrected chi connectivity index (χ1v) is 9.89. The largest absolute Gasteiger partial charge is 0.496 e. The van der Waals surface area contributed by atoms with Crippen LogP contribution in [-0.4, -0.2) is 44.2 Å². The molecule has 0 aliphatic carbocycles. The van der Waals surface area contributed by atoms with Gasteiger partial charge in [0.15, 0.2) is 0 Å². The van der Waals surface area contributed by atoms with Gasteiger partial charge in [-0.15, -0.1) is 0 Å². The second kappa shape index (κ2) is 8.32. The van der Waals surface area contributed by atoms with E-state index in [-0.39, 0.29) is 11.7 Å². The third kappa shape index (κ3) is 3.71. The van der Waals surface area contributed by atoms with Gasteiger partial charge in [-0.1, -0.05) is 12.1 Å². The van der Waals surface area contributed by atoms with Crippen molar-refractivity contribution < 1.29 is 23.1 Å². The molecule has 2 heterocycles. The van der Waals surface area contributed by atoms with Gasteiger partial charge in [0.1, 0.15) is 17.1 Å². The molecular formula is C24H24FNO4. The Hall–Kier alpha value is -3.12. The molecular weight excluding hydrogens is 385 g/mol. The number of carbonyl (C=O) groups excluding carboxylic acids is 1. The van der Waals surface area contributed by atoms with Gasteiger partial charge in [0.25, 0.3) is 0 Å². The standard InChI is InChI=1S/C24H24FNO4/c1-15(12-22(27)26-8-10-29-11-9-26)19-13-20-21(17-4-6-18(25)7-5-17)14-30-24(20)16(2)23(19)28-3/h4-7,12-14H,8-11H2,1-3H3/b15-12+. The van der Waals surface area contributed by atoms with Crippen molar-refractivity contribution in [2.24, 2.45) is 0 Å². The number of carbonyl (C=O) groups is 1. The average molecular weight is 409 g/mol. The van der Waals surface area contributed by atoms with Crippen LogP contribution in [-0.2, 0) is 9.53 Å². The number of allylic oxidation sites excluding steroid dienone is 1. The number of hydrogen-bond acceptors (Lipinski definition) is 4. The van der Waals surface area contributed by atoms with Crippen LogP contribution >= 0.6 is 0 Å². The molecule has 1 aliphatic heterocycles. The number of halogens is 1. The van der Waals surface area contributed by atoms with Gasteiger partial charge in [-0.3, -0.25) is 4.79 Å². The molecule has 0 atom stereocenters. The molecule has 3 aromatic rings. The van der Waals surface area contributed by atoms with E-state index in [1.807, 2.05) is 19.9 Å². The highest BCUT2D eigenvalue weighted by molar-refractivity contribution is 6.01. The van der Waals surface area contributed by atoms with Crippen molar-refractivity contribution >= 4 is 22.4 Å². The van der Waals surface area contributed by atoms with Gasteiger partial charge in [-0.2, -0.15) is 0 Å². The first-order chi connectivity index (χ1) is 14.5. The lowest BCUT2D eigenvalue weighted by atomic mass is 9.96. The molecule has 0 radical (unpaired) electrons. The molecule has 1 fully saturated rings. The van der Waals surface area contributed by atoms with E-state index >= 15 is 0 Å². The molecule has 1 aromatic heterocycles. The van der Waals surface area contributed by atoms with Gasteiger partial charge in [0, 0.05) is 41.2 Å². The quantitative estimate of drug-likeness (QED) is 0.580. The molecule has 30 heavy (non-hydrogen) atoms. The van der Waals surface area contributed by atoms with E-state index in [0.717, 1.165) is 33.2 Å². The zero-order chi connectivity index (χ0) is 21.3. The third-order valence-electron chi connectivity index (χ3n) is 5.49. The Morgan fingerprint density at radius 2 is 1.90 bits per heavy atom. The summed E-state index contributed by atoms with van der Waals surface area (Å²) in [6.45, 7) is 6.13. The summed E-state index contributed by atoms with van der Waals surface area (Å²) < 4.78 is 30.2. The molecule has 0 saturated carbocycles.